The second kappa shape index (κ2) is 9.10. The zero-order valence-electron chi connectivity index (χ0n) is 9.57. The van der Waals surface area contributed by atoms with Crippen LogP contribution in [0.25, 0.3) is 0 Å². The molecule has 96 valence electrons. The summed E-state index contributed by atoms with van der Waals surface area (Å²) >= 11 is 1.65. The summed E-state index contributed by atoms with van der Waals surface area (Å²) in [7, 11) is 0. The Morgan fingerprint density at radius 1 is 1.56 bits per heavy atom. The Labute approximate surface area is 107 Å². The van der Waals surface area contributed by atoms with Crippen molar-refractivity contribution in [2.24, 2.45) is 5.92 Å². The number of hydrogen-bond acceptors (Lipinski definition) is 4. The molecule has 16 heavy (non-hydrogen) atoms. The van der Waals surface area contributed by atoms with Crippen molar-refractivity contribution < 1.29 is 9.90 Å². The van der Waals surface area contributed by atoms with E-state index in [1.54, 1.807) is 11.8 Å². The Hall–Kier alpha value is 0.0300. The van der Waals surface area contributed by atoms with Gasteiger partial charge >= 0.3 is 0 Å². The van der Waals surface area contributed by atoms with Gasteiger partial charge in [-0.1, -0.05) is 6.92 Å². The maximum absolute atomic E-state index is 11.3. The van der Waals surface area contributed by atoms with E-state index in [1.165, 1.54) is 0 Å². The molecule has 1 aliphatic heterocycles. The van der Waals surface area contributed by atoms with Crippen molar-refractivity contribution in [2.45, 2.75) is 19.4 Å². The highest BCUT2D eigenvalue weighted by Crippen LogP contribution is 2.07. The minimum absolute atomic E-state index is 0. The SMILES string of the molecule is CCCSCC(=O)NCC1CNCC1O.Cl. The predicted molar refractivity (Wildman–Crippen MR) is 70.2 cm³/mol. The fraction of sp³-hybridized carbons (Fsp3) is 0.900. The lowest BCUT2D eigenvalue weighted by Gasteiger charge is -2.13. The number of nitrogens with one attached hydrogen (secondary N) is 2. The van der Waals surface area contributed by atoms with Crippen molar-refractivity contribution in [3.63, 3.8) is 0 Å². The van der Waals surface area contributed by atoms with E-state index >= 15 is 0 Å². The number of amides is 1. The Kier molecular flexibility index (Phi) is 9.12. The molecule has 1 amide bonds. The number of β-amino-alcohol motifs (C(OH)–C–C–N with tert-alkyl or cyclic N) is 1. The third kappa shape index (κ3) is 5.94. The maximum Gasteiger partial charge on any atom is 0.230 e. The van der Waals surface area contributed by atoms with Crippen LogP contribution in [0.5, 0.6) is 0 Å². The lowest BCUT2D eigenvalue weighted by molar-refractivity contribution is -0.118. The maximum atomic E-state index is 11.3. The van der Waals surface area contributed by atoms with Crippen molar-refractivity contribution in [1.29, 1.82) is 0 Å². The van der Waals surface area contributed by atoms with Crippen LogP contribution in [0.15, 0.2) is 0 Å². The first-order chi connectivity index (χ1) is 7.24. The molecule has 4 nitrogen and oxygen atoms in total. The van der Waals surface area contributed by atoms with Crippen LogP contribution in [0.3, 0.4) is 0 Å². The zero-order chi connectivity index (χ0) is 11.1. The van der Waals surface area contributed by atoms with Gasteiger partial charge < -0.3 is 15.7 Å². The van der Waals surface area contributed by atoms with E-state index in [0.29, 0.717) is 18.8 Å². The van der Waals surface area contributed by atoms with E-state index in [-0.39, 0.29) is 30.3 Å². The highest BCUT2D eigenvalue weighted by molar-refractivity contribution is 7.99. The van der Waals surface area contributed by atoms with Crippen LogP contribution in [-0.2, 0) is 4.79 Å². The normalized spacial score (nSPS) is 23.9. The number of aliphatic hydroxyl groups excluding tert-OH is 1. The summed E-state index contributed by atoms with van der Waals surface area (Å²) in [4.78, 5) is 11.3. The van der Waals surface area contributed by atoms with Crippen molar-refractivity contribution in [3.05, 3.63) is 0 Å². The summed E-state index contributed by atoms with van der Waals surface area (Å²) in [5.74, 6) is 1.81. The van der Waals surface area contributed by atoms with Gasteiger partial charge in [-0.05, 0) is 12.2 Å². The number of carbonyl (C=O) groups is 1. The molecule has 3 N–H and O–H groups in total. The van der Waals surface area contributed by atoms with Gasteiger partial charge in [0.2, 0.25) is 5.91 Å². The zero-order valence-corrected chi connectivity index (χ0v) is 11.2. The van der Waals surface area contributed by atoms with Gasteiger partial charge in [0.15, 0.2) is 0 Å². The van der Waals surface area contributed by atoms with Crippen molar-refractivity contribution in [1.82, 2.24) is 10.6 Å². The minimum Gasteiger partial charge on any atom is -0.391 e. The lowest BCUT2D eigenvalue weighted by atomic mass is 10.1. The van der Waals surface area contributed by atoms with Crippen LogP contribution < -0.4 is 10.6 Å². The van der Waals surface area contributed by atoms with E-state index in [1.807, 2.05) is 0 Å². The third-order valence-corrected chi connectivity index (χ3v) is 3.61. The van der Waals surface area contributed by atoms with E-state index in [2.05, 4.69) is 17.6 Å². The molecule has 0 aromatic rings. The van der Waals surface area contributed by atoms with E-state index < -0.39 is 0 Å². The van der Waals surface area contributed by atoms with Crippen molar-refractivity contribution in [2.75, 3.05) is 31.1 Å². The average molecular weight is 269 g/mol. The van der Waals surface area contributed by atoms with E-state index in [0.717, 1.165) is 18.7 Å². The lowest BCUT2D eigenvalue weighted by Crippen LogP contribution is -2.35. The molecule has 1 saturated heterocycles. The second-order valence-corrected chi connectivity index (χ2v) is 4.95. The number of halogens is 1. The molecule has 1 heterocycles. The molecular formula is C10H21ClN2O2S. The molecule has 2 unspecified atom stereocenters. The first-order valence-corrected chi connectivity index (χ1v) is 6.62. The van der Waals surface area contributed by atoms with Crippen LogP contribution in [-0.4, -0.2) is 48.3 Å². The van der Waals surface area contributed by atoms with Gasteiger partial charge in [-0.25, -0.2) is 0 Å². The van der Waals surface area contributed by atoms with Gasteiger partial charge in [0.1, 0.15) is 0 Å². The quantitative estimate of drug-likeness (QED) is 0.605. The Balaban J connectivity index is 0.00000225. The standard InChI is InChI=1S/C10H20N2O2S.ClH/c1-2-3-15-7-10(14)12-5-8-4-11-6-9(8)13;/h8-9,11,13H,2-7H2,1H3,(H,12,14);1H. The van der Waals surface area contributed by atoms with Crippen LogP contribution in [0.2, 0.25) is 0 Å². The summed E-state index contributed by atoms with van der Waals surface area (Å²) in [5.41, 5.74) is 0. The minimum atomic E-state index is -0.311. The molecule has 1 fully saturated rings. The monoisotopic (exact) mass is 268 g/mol. The van der Waals surface area contributed by atoms with Crippen LogP contribution >= 0.6 is 24.2 Å². The fourth-order valence-electron chi connectivity index (χ4n) is 1.53. The van der Waals surface area contributed by atoms with Crippen LogP contribution in [0.1, 0.15) is 13.3 Å². The molecule has 6 heteroatoms. The molecule has 1 rings (SSSR count). The number of aliphatic hydroxyl groups is 1. The summed E-state index contributed by atoms with van der Waals surface area (Å²) < 4.78 is 0. The fourth-order valence-corrected chi connectivity index (χ4v) is 2.25. The smallest absolute Gasteiger partial charge is 0.230 e. The Morgan fingerprint density at radius 2 is 2.31 bits per heavy atom. The predicted octanol–water partition coefficient (Wildman–Crippen LogP) is 0.248. The third-order valence-electron chi connectivity index (χ3n) is 2.45. The second-order valence-electron chi connectivity index (χ2n) is 3.84. The average Bonchev–Trinajstić information content (AvgIpc) is 2.61. The number of hydrogen-bond donors (Lipinski definition) is 3. The summed E-state index contributed by atoms with van der Waals surface area (Å²) in [5, 5.41) is 15.4. The topological polar surface area (TPSA) is 61.4 Å². The molecule has 1 aliphatic rings. The largest absolute Gasteiger partial charge is 0.391 e. The first kappa shape index (κ1) is 16.0. The number of rotatable bonds is 6. The van der Waals surface area contributed by atoms with Crippen LogP contribution in [0, 0.1) is 5.92 Å². The molecule has 2 atom stereocenters. The van der Waals surface area contributed by atoms with Gasteiger partial charge in [0.05, 0.1) is 11.9 Å². The van der Waals surface area contributed by atoms with Gasteiger partial charge in [0.25, 0.3) is 0 Å². The van der Waals surface area contributed by atoms with Gasteiger partial charge in [-0.15, -0.1) is 12.4 Å². The molecule has 0 saturated carbocycles. The van der Waals surface area contributed by atoms with Gasteiger partial charge in [-0.2, -0.15) is 11.8 Å². The van der Waals surface area contributed by atoms with Gasteiger partial charge in [0, 0.05) is 25.6 Å². The Morgan fingerprint density at radius 3 is 2.88 bits per heavy atom. The summed E-state index contributed by atoms with van der Waals surface area (Å²) in [6.07, 6.45) is 0.789. The van der Waals surface area contributed by atoms with Crippen molar-refractivity contribution >= 4 is 30.1 Å². The number of carbonyl (C=O) groups excluding carboxylic acids is 1. The summed E-state index contributed by atoms with van der Waals surface area (Å²) in [6.45, 7) is 4.12. The first-order valence-electron chi connectivity index (χ1n) is 5.47. The molecule has 0 aromatic heterocycles. The van der Waals surface area contributed by atoms with Gasteiger partial charge in [-0.3, -0.25) is 4.79 Å². The Bertz CT molecular complexity index is 207. The number of thioether (sulfide) groups is 1. The molecular weight excluding hydrogens is 248 g/mol. The molecule has 0 spiro atoms. The highest BCUT2D eigenvalue weighted by atomic mass is 35.5. The van der Waals surface area contributed by atoms with E-state index in [4.69, 9.17) is 0 Å². The van der Waals surface area contributed by atoms with E-state index in [9.17, 15) is 9.90 Å². The molecule has 0 radical (unpaired) electrons. The molecule has 0 aromatic carbocycles. The highest BCUT2D eigenvalue weighted by Gasteiger charge is 2.24. The molecule has 0 bridgehead atoms. The van der Waals surface area contributed by atoms with Crippen molar-refractivity contribution in [3.8, 4) is 0 Å². The molecule has 0 aliphatic carbocycles. The van der Waals surface area contributed by atoms with Crippen LogP contribution in [0.4, 0.5) is 0 Å². The summed E-state index contributed by atoms with van der Waals surface area (Å²) in [6, 6.07) is 0.